The smallest absolute Gasteiger partial charge is 0.122 e. The highest BCUT2D eigenvalue weighted by Crippen LogP contribution is 2.38. The second kappa shape index (κ2) is 4.92. The Hall–Kier alpha value is -1.65. The number of nitrogens with one attached hydrogen (secondary N) is 1. The molecule has 0 radical (unpaired) electrons. The molecule has 0 saturated heterocycles. The highest BCUT2D eigenvalue weighted by atomic mass is 16.3. The molecule has 0 aliphatic heterocycles. The first-order chi connectivity index (χ1) is 8.90. The summed E-state index contributed by atoms with van der Waals surface area (Å²) in [5, 5.41) is 0. The van der Waals surface area contributed by atoms with E-state index in [1.807, 2.05) is 24.4 Å². The summed E-state index contributed by atoms with van der Waals surface area (Å²) in [4.78, 5) is 4.54. The molecule has 0 bridgehead atoms. The number of rotatable bonds is 3. The normalized spacial score (nSPS) is 20.4. The van der Waals surface area contributed by atoms with Gasteiger partial charge in [-0.15, -0.1) is 0 Å². The number of nitrogens with two attached hydrogens (primary N) is 1. The maximum atomic E-state index is 5.71. The lowest BCUT2D eigenvalue weighted by Crippen LogP contribution is -2.34. The molecule has 2 aromatic heterocycles. The molecule has 0 spiro atoms. The fraction of sp³-hybridized carbons (Fsp3) is 0.357. The minimum absolute atomic E-state index is 0.00560. The third kappa shape index (κ3) is 1.94. The third-order valence-corrected chi connectivity index (χ3v) is 3.67. The predicted molar refractivity (Wildman–Crippen MR) is 68.7 cm³/mol. The molecule has 18 heavy (non-hydrogen) atoms. The molecule has 3 rings (SSSR count). The van der Waals surface area contributed by atoms with E-state index in [1.165, 1.54) is 12.0 Å². The summed E-state index contributed by atoms with van der Waals surface area (Å²) >= 11 is 0. The first kappa shape index (κ1) is 11.4. The molecule has 94 valence electrons. The Morgan fingerprint density at radius 2 is 2.33 bits per heavy atom. The van der Waals surface area contributed by atoms with Crippen molar-refractivity contribution in [1.29, 1.82) is 0 Å². The summed E-state index contributed by atoms with van der Waals surface area (Å²) in [6.45, 7) is 0. The van der Waals surface area contributed by atoms with Crippen molar-refractivity contribution in [2.24, 2.45) is 5.84 Å². The standard InChI is InChI=1S/C14H17N3O/c15-17-14(12-7-3-9-18-12)11-6-1-4-10-5-2-8-16-13(10)11/h2-3,5,7-9,11,14,17H,1,4,6,15H2. The summed E-state index contributed by atoms with van der Waals surface area (Å²) in [5.74, 6) is 6.87. The quantitative estimate of drug-likeness (QED) is 0.641. The lowest BCUT2D eigenvalue weighted by atomic mass is 9.81. The molecule has 1 aliphatic carbocycles. The number of fused-ring (bicyclic) bond motifs is 1. The molecule has 1 aliphatic rings. The van der Waals surface area contributed by atoms with Gasteiger partial charge in [0.05, 0.1) is 12.3 Å². The van der Waals surface area contributed by atoms with Crippen LogP contribution in [-0.4, -0.2) is 4.98 Å². The number of hydrogen-bond donors (Lipinski definition) is 2. The van der Waals surface area contributed by atoms with Crippen LogP contribution in [0.3, 0.4) is 0 Å². The maximum Gasteiger partial charge on any atom is 0.122 e. The van der Waals surface area contributed by atoms with Crippen LogP contribution in [0.2, 0.25) is 0 Å². The SMILES string of the molecule is NNC(c1ccco1)C1CCCc2cccnc21. The molecule has 0 aromatic carbocycles. The van der Waals surface area contributed by atoms with Gasteiger partial charge in [0.1, 0.15) is 5.76 Å². The Bertz CT molecular complexity index is 510. The Balaban J connectivity index is 1.97. The topological polar surface area (TPSA) is 64.1 Å². The fourth-order valence-corrected chi connectivity index (χ4v) is 2.83. The third-order valence-electron chi connectivity index (χ3n) is 3.67. The Labute approximate surface area is 106 Å². The molecular formula is C14H17N3O. The molecule has 3 N–H and O–H groups in total. The van der Waals surface area contributed by atoms with Gasteiger partial charge < -0.3 is 4.42 Å². The van der Waals surface area contributed by atoms with Crippen LogP contribution in [0.15, 0.2) is 41.1 Å². The number of hydrogen-bond acceptors (Lipinski definition) is 4. The second-order valence-electron chi connectivity index (χ2n) is 4.71. The Kier molecular flexibility index (Phi) is 3.13. The van der Waals surface area contributed by atoms with Gasteiger partial charge in [0, 0.05) is 17.8 Å². The molecule has 2 aromatic rings. The molecule has 4 nitrogen and oxygen atoms in total. The van der Waals surface area contributed by atoms with E-state index >= 15 is 0 Å². The van der Waals surface area contributed by atoms with Crippen LogP contribution in [0.4, 0.5) is 0 Å². The van der Waals surface area contributed by atoms with Crippen molar-refractivity contribution in [2.75, 3.05) is 0 Å². The zero-order chi connectivity index (χ0) is 12.4. The first-order valence-corrected chi connectivity index (χ1v) is 6.33. The van der Waals surface area contributed by atoms with E-state index in [2.05, 4.69) is 16.5 Å². The summed E-state index contributed by atoms with van der Waals surface area (Å²) in [6.07, 6.45) is 6.89. The van der Waals surface area contributed by atoms with Crippen molar-refractivity contribution in [3.05, 3.63) is 53.7 Å². The van der Waals surface area contributed by atoms with Gasteiger partial charge in [-0.25, -0.2) is 5.43 Å². The molecule has 0 saturated carbocycles. The number of pyridine rings is 1. The van der Waals surface area contributed by atoms with Crippen LogP contribution in [0.5, 0.6) is 0 Å². The van der Waals surface area contributed by atoms with Gasteiger partial charge in [-0.1, -0.05) is 6.07 Å². The molecule has 2 unspecified atom stereocenters. The molecule has 2 heterocycles. The van der Waals surface area contributed by atoms with Crippen molar-refractivity contribution in [3.63, 3.8) is 0 Å². The van der Waals surface area contributed by atoms with Gasteiger partial charge >= 0.3 is 0 Å². The van der Waals surface area contributed by atoms with E-state index in [4.69, 9.17) is 10.3 Å². The van der Waals surface area contributed by atoms with Crippen LogP contribution in [-0.2, 0) is 6.42 Å². The second-order valence-corrected chi connectivity index (χ2v) is 4.71. The van der Waals surface area contributed by atoms with Crippen molar-refractivity contribution >= 4 is 0 Å². The van der Waals surface area contributed by atoms with Gasteiger partial charge in [-0.2, -0.15) is 0 Å². The van der Waals surface area contributed by atoms with Crippen LogP contribution < -0.4 is 11.3 Å². The predicted octanol–water partition coefficient (Wildman–Crippen LogP) is 2.30. The Morgan fingerprint density at radius 1 is 1.39 bits per heavy atom. The van der Waals surface area contributed by atoms with E-state index in [9.17, 15) is 0 Å². The molecular weight excluding hydrogens is 226 g/mol. The van der Waals surface area contributed by atoms with Crippen molar-refractivity contribution < 1.29 is 4.42 Å². The number of hydrazine groups is 1. The Morgan fingerprint density at radius 3 is 3.11 bits per heavy atom. The van der Waals surface area contributed by atoms with Crippen molar-refractivity contribution in [3.8, 4) is 0 Å². The highest BCUT2D eigenvalue weighted by Gasteiger charge is 2.30. The van der Waals surface area contributed by atoms with Gasteiger partial charge in [-0.05, 0) is 43.0 Å². The van der Waals surface area contributed by atoms with Crippen molar-refractivity contribution in [2.45, 2.75) is 31.2 Å². The molecule has 2 atom stereocenters. The number of furan rings is 1. The van der Waals surface area contributed by atoms with E-state index in [1.54, 1.807) is 6.26 Å². The largest absolute Gasteiger partial charge is 0.468 e. The number of nitrogens with zero attached hydrogens (tertiary/aromatic N) is 1. The average Bonchev–Trinajstić information content (AvgIpc) is 2.94. The molecule has 0 amide bonds. The lowest BCUT2D eigenvalue weighted by Gasteiger charge is -2.29. The molecule has 0 fully saturated rings. The van der Waals surface area contributed by atoms with E-state index in [-0.39, 0.29) is 12.0 Å². The van der Waals surface area contributed by atoms with E-state index in [0.29, 0.717) is 0 Å². The zero-order valence-corrected chi connectivity index (χ0v) is 10.2. The monoisotopic (exact) mass is 243 g/mol. The minimum atomic E-state index is -0.00560. The summed E-state index contributed by atoms with van der Waals surface area (Å²) in [6, 6.07) is 8.00. The van der Waals surface area contributed by atoms with E-state index < -0.39 is 0 Å². The van der Waals surface area contributed by atoms with Gasteiger partial charge in [-0.3, -0.25) is 10.8 Å². The van der Waals surface area contributed by atoms with Crippen molar-refractivity contribution in [1.82, 2.24) is 10.4 Å². The fourth-order valence-electron chi connectivity index (χ4n) is 2.83. The van der Waals surface area contributed by atoms with Gasteiger partial charge in [0.15, 0.2) is 0 Å². The number of aryl methyl sites for hydroxylation is 1. The average molecular weight is 243 g/mol. The van der Waals surface area contributed by atoms with Gasteiger partial charge in [0.25, 0.3) is 0 Å². The summed E-state index contributed by atoms with van der Waals surface area (Å²) in [7, 11) is 0. The highest BCUT2D eigenvalue weighted by molar-refractivity contribution is 5.29. The summed E-state index contributed by atoms with van der Waals surface area (Å²) in [5.41, 5.74) is 5.37. The molecule has 4 heteroatoms. The lowest BCUT2D eigenvalue weighted by molar-refractivity contribution is 0.340. The number of aromatic nitrogens is 1. The maximum absolute atomic E-state index is 5.71. The van der Waals surface area contributed by atoms with Crippen LogP contribution >= 0.6 is 0 Å². The minimum Gasteiger partial charge on any atom is -0.468 e. The van der Waals surface area contributed by atoms with Gasteiger partial charge in [0.2, 0.25) is 0 Å². The van der Waals surface area contributed by atoms with Crippen LogP contribution in [0.25, 0.3) is 0 Å². The van der Waals surface area contributed by atoms with Crippen LogP contribution in [0, 0.1) is 0 Å². The zero-order valence-electron chi connectivity index (χ0n) is 10.2. The van der Waals surface area contributed by atoms with E-state index in [0.717, 1.165) is 24.3 Å². The van der Waals surface area contributed by atoms with Crippen LogP contribution in [0.1, 0.15) is 41.8 Å². The summed E-state index contributed by atoms with van der Waals surface area (Å²) < 4.78 is 5.48. The first-order valence-electron chi connectivity index (χ1n) is 6.33.